The van der Waals surface area contributed by atoms with Crippen LogP contribution in [0.2, 0.25) is 0 Å². The first-order valence-electron chi connectivity index (χ1n) is 26.5. The van der Waals surface area contributed by atoms with Gasteiger partial charge < -0.3 is 9.47 Å². The monoisotopic (exact) mass is 968 g/mol. The SMILES string of the molecule is C1=CC(/C(=C2/c3ccccc3-c3ccc(N(c4ccc(-c5ccc6c(c5)c5ccccc5n6-c5ccc(-c6ccccc6)cc5)cc4)c4cc(-c5ccccc5)cc(-c5ccccc5)c4)cc32)c2ccccc2)=CCC1. The van der Waals surface area contributed by atoms with Crippen LogP contribution in [0.1, 0.15) is 29.5 Å². The topological polar surface area (TPSA) is 8.17 Å². The third-order valence-corrected chi connectivity index (χ3v) is 15.4. The average Bonchev–Trinajstić information content (AvgIpc) is 4.00. The van der Waals surface area contributed by atoms with Crippen molar-refractivity contribution >= 4 is 50.0 Å². The molecule has 0 aliphatic heterocycles. The summed E-state index contributed by atoms with van der Waals surface area (Å²) < 4.78 is 2.40. The molecule has 12 aromatic rings. The van der Waals surface area contributed by atoms with E-state index in [1.807, 2.05) is 0 Å². The standard InChI is InChI=1S/C74H52N2/c1-6-20-51(21-7-1)54-34-41-62(42-35-54)76-71-33-19-18-31-67(71)69-49-58(38-45-72(69)76)55-36-39-61(40-37-55)75(64-47-59(52-22-8-2-9-23-52)46-60(48-64)53-24-10-3-11-25-53)63-43-44-66-65-30-16-17-32-68(65)74(70(66)50-63)73(56-26-12-4-13-27-56)57-28-14-5-15-29-57/h1-4,6-14,16-50H,5,15H2/b74-73-. The lowest BCUT2D eigenvalue weighted by Gasteiger charge is -2.28. The van der Waals surface area contributed by atoms with Crippen LogP contribution >= 0.6 is 0 Å². The highest BCUT2D eigenvalue weighted by Crippen LogP contribution is 2.52. The lowest BCUT2D eigenvalue weighted by molar-refractivity contribution is 1.03. The minimum Gasteiger partial charge on any atom is -0.310 e. The summed E-state index contributed by atoms with van der Waals surface area (Å²) in [7, 11) is 0. The molecule has 358 valence electrons. The molecule has 0 unspecified atom stereocenters. The van der Waals surface area contributed by atoms with Gasteiger partial charge in [0, 0.05) is 33.5 Å². The van der Waals surface area contributed by atoms with Gasteiger partial charge in [-0.15, -0.1) is 0 Å². The van der Waals surface area contributed by atoms with Gasteiger partial charge in [-0.2, -0.15) is 0 Å². The number of anilines is 3. The molecule has 0 radical (unpaired) electrons. The molecule has 0 N–H and O–H groups in total. The van der Waals surface area contributed by atoms with Crippen LogP contribution in [0.3, 0.4) is 0 Å². The van der Waals surface area contributed by atoms with Crippen molar-refractivity contribution < 1.29 is 0 Å². The normalized spacial score (nSPS) is 13.3. The molecular formula is C74H52N2. The smallest absolute Gasteiger partial charge is 0.0541 e. The number of nitrogens with zero attached hydrogens (tertiary/aromatic N) is 2. The minimum absolute atomic E-state index is 1.02. The van der Waals surface area contributed by atoms with Crippen molar-refractivity contribution in [2.24, 2.45) is 0 Å². The van der Waals surface area contributed by atoms with E-state index in [1.165, 1.54) is 94.2 Å². The van der Waals surface area contributed by atoms with Crippen molar-refractivity contribution in [2.45, 2.75) is 12.8 Å². The number of rotatable bonds is 10. The zero-order valence-electron chi connectivity index (χ0n) is 42.0. The van der Waals surface area contributed by atoms with E-state index in [-0.39, 0.29) is 0 Å². The predicted molar refractivity (Wildman–Crippen MR) is 321 cm³/mol. The molecule has 11 aromatic carbocycles. The summed E-state index contributed by atoms with van der Waals surface area (Å²) in [5.74, 6) is 0. The molecule has 0 saturated heterocycles. The summed E-state index contributed by atoms with van der Waals surface area (Å²) in [6, 6.07) is 100. The van der Waals surface area contributed by atoms with E-state index in [9.17, 15) is 0 Å². The quantitative estimate of drug-likeness (QED) is 0.133. The fraction of sp³-hybridized carbons (Fsp3) is 0.0270. The predicted octanol–water partition coefficient (Wildman–Crippen LogP) is 20.1. The highest BCUT2D eigenvalue weighted by Gasteiger charge is 2.29. The van der Waals surface area contributed by atoms with Gasteiger partial charge in [0.25, 0.3) is 0 Å². The third-order valence-electron chi connectivity index (χ3n) is 15.4. The maximum Gasteiger partial charge on any atom is 0.0541 e. The van der Waals surface area contributed by atoms with Gasteiger partial charge in [0.1, 0.15) is 0 Å². The number of hydrogen-bond donors (Lipinski definition) is 0. The van der Waals surface area contributed by atoms with Crippen molar-refractivity contribution in [2.75, 3.05) is 4.90 Å². The largest absolute Gasteiger partial charge is 0.310 e. The Morgan fingerprint density at radius 1 is 0.329 bits per heavy atom. The number of hydrogen-bond acceptors (Lipinski definition) is 1. The van der Waals surface area contributed by atoms with E-state index in [0.29, 0.717) is 0 Å². The van der Waals surface area contributed by atoms with Gasteiger partial charge >= 0.3 is 0 Å². The molecule has 76 heavy (non-hydrogen) atoms. The molecule has 2 heteroatoms. The second kappa shape index (κ2) is 19.3. The zero-order chi connectivity index (χ0) is 50.4. The Hall–Kier alpha value is -9.76. The Balaban J connectivity index is 0.930. The van der Waals surface area contributed by atoms with Gasteiger partial charge in [0.05, 0.1) is 11.0 Å². The van der Waals surface area contributed by atoms with Gasteiger partial charge in [-0.25, -0.2) is 0 Å². The molecule has 2 aliphatic rings. The van der Waals surface area contributed by atoms with Gasteiger partial charge in [-0.05, 0) is 175 Å². The molecular weight excluding hydrogens is 917 g/mol. The molecule has 14 rings (SSSR count). The summed E-state index contributed by atoms with van der Waals surface area (Å²) in [5.41, 5.74) is 26.3. The summed E-state index contributed by atoms with van der Waals surface area (Å²) >= 11 is 0. The minimum atomic E-state index is 1.02. The Bertz CT molecular complexity index is 4160. The van der Waals surface area contributed by atoms with Crippen LogP contribution in [0.25, 0.3) is 94.3 Å². The molecule has 2 nitrogen and oxygen atoms in total. The Kier molecular flexibility index (Phi) is 11.4. The molecule has 2 aliphatic carbocycles. The van der Waals surface area contributed by atoms with E-state index in [1.54, 1.807) is 0 Å². The van der Waals surface area contributed by atoms with Crippen LogP contribution in [0, 0.1) is 0 Å². The number of benzene rings is 11. The highest BCUT2D eigenvalue weighted by atomic mass is 15.1. The molecule has 0 fully saturated rings. The average molecular weight is 969 g/mol. The second-order valence-electron chi connectivity index (χ2n) is 19.9. The highest BCUT2D eigenvalue weighted by molar-refractivity contribution is 6.15. The van der Waals surface area contributed by atoms with Crippen LogP contribution in [-0.4, -0.2) is 4.57 Å². The van der Waals surface area contributed by atoms with Crippen molar-refractivity contribution in [3.05, 3.63) is 313 Å². The lowest BCUT2D eigenvalue weighted by atomic mass is 9.86. The number of fused-ring (bicyclic) bond motifs is 6. The molecule has 0 bridgehead atoms. The third kappa shape index (κ3) is 8.09. The van der Waals surface area contributed by atoms with Crippen LogP contribution in [0.5, 0.6) is 0 Å². The first-order valence-corrected chi connectivity index (χ1v) is 26.5. The summed E-state index contributed by atoms with van der Waals surface area (Å²) in [6.07, 6.45) is 9.17. The summed E-state index contributed by atoms with van der Waals surface area (Å²) in [6.45, 7) is 0. The van der Waals surface area contributed by atoms with Gasteiger partial charge in [-0.3, -0.25) is 0 Å². The molecule has 0 spiro atoms. The van der Waals surface area contributed by atoms with E-state index < -0.39 is 0 Å². The molecule has 1 aromatic heterocycles. The second-order valence-corrected chi connectivity index (χ2v) is 19.9. The number of allylic oxidation sites excluding steroid dienone is 5. The van der Waals surface area contributed by atoms with E-state index in [2.05, 4.69) is 301 Å². The first kappa shape index (κ1) is 44.9. The zero-order valence-corrected chi connectivity index (χ0v) is 42.0. The van der Waals surface area contributed by atoms with E-state index >= 15 is 0 Å². The van der Waals surface area contributed by atoms with Gasteiger partial charge in [-0.1, -0.05) is 218 Å². The van der Waals surface area contributed by atoms with Gasteiger partial charge in [0.2, 0.25) is 0 Å². The molecule has 0 amide bonds. The Morgan fingerprint density at radius 2 is 0.855 bits per heavy atom. The van der Waals surface area contributed by atoms with Gasteiger partial charge in [0.15, 0.2) is 0 Å². The van der Waals surface area contributed by atoms with Crippen molar-refractivity contribution in [1.82, 2.24) is 4.57 Å². The van der Waals surface area contributed by atoms with Crippen LogP contribution in [0.4, 0.5) is 17.1 Å². The summed E-state index contributed by atoms with van der Waals surface area (Å²) in [4.78, 5) is 2.46. The molecule has 1 heterocycles. The van der Waals surface area contributed by atoms with E-state index in [4.69, 9.17) is 0 Å². The number of aromatic nitrogens is 1. The van der Waals surface area contributed by atoms with Crippen LogP contribution in [0.15, 0.2) is 297 Å². The lowest BCUT2D eigenvalue weighted by Crippen LogP contribution is -2.11. The Labute approximate surface area is 444 Å². The maximum atomic E-state index is 2.46. The number of para-hydroxylation sites is 1. The first-order chi connectivity index (χ1) is 37.7. The molecule has 0 saturated carbocycles. The van der Waals surface area contributed by atoms with Crippen LogP contribution < -0.4 is 4.90 Å². The van der Waals surface area contributed by atoms with Crippen LogP contribution in [-0.2, 0) is 0 Å². The molecule has 0 atom stereocenters. The van der Waals surface area contributed by atoms with Crippen molar-refractivity contribution in [3.8, 4) is 61.3 Å². The van der Waals surface area contributed by atoms with Crippen molar-refractivity contribution in [1.29, 1.82) is 0 Å². The Morgan fingerprint density at radius 3 is 1.53 bits per heavy atom. The fourth-order valence-electron chi connectivity index (χ4n) is 11.8. The summed E-state index contributed by atoms with van der Waals surface area (Å²) in [5, 5.41) is 2.47. The van der Waals surface area contributed by atoms with Crippen molar-refractivity contribution in [3.63, 3.8) is 0 Å². The fourth-order valence-corrected chi connectivity index (χ4v) is 11.8. The maximum absolute atomic E-state index is 2.46. The van der Waals surface area contributed by atoms with E-state index in [0.717, 1.165) is 52.3 Å².